The van der Waals surface area contributed by atoms with Crippen LogP contribution in [0.5, 0.6) is 0 Å². The van der Waals surface area contributed by atoms with Gasteiger partial charge in [-0.05, 0) is 37.6 Å². The molecular formula is C20H21BrClN3O3. The number of benzene rings is 1. The van der Waals surface area contributed by atoms with E-state index in [9.17, 15) is 9.59 Å². The molecule has 1 aromatic rings. The van der Waals surface area contributed by atoms with Crippen LogP contribution in [0.4, 0.5) is 4.79 Å². The summed E-state index contributed by atoms with van der Waals surface area (Å²) in [6, 6.07) is 6.58. The Morgan fingerprint density at radius 1 is 1.29 bits per heavy atom. The molecular weight excluding hydrogens is 446 g/mol. The number of urea groups is 1. The molecule has 1 aromatic carbocycles. The highest BCUT2D eigenvalue weighted by molar-refractivity contribution is 9.10. The molecule has 0 saturated heterocycles. The molecule has 1 N–H and O–H groups in total. The molecule has 6 nitrogen and oxygen atoms in total. The molecule has 8 heteroatoms. The van der Waals surface area contributed by atoms with Crippen molar-refractivity contribution in [1.29, 1.82) is 0 Å². The van der Waals surface area contributed by atoms with Gasteiger partial charge in [-0.2, -0.15) is 5.10 Å². The van der Waals surface area contributed by atoms with Gasteiger partial charge >= 0.3 is 12.0 Å². The van der Waals surface area contributed by atoms with Gasteiger partial charge in [-0.25, -0.2) is 9.80 Å². The molecule has 0 saturated carbocycles. The minimum Gasteiger partial charge on any atom is -0.468 e. The lowest BCUT2D eigenvalue weighted by atomic mass is 9.82. The number of hydrazone groups is 1. The molecule has 0 spiro atoms. The number of hydrogen-bond acceptors (Lipinski definition) is 4. The number of rotatable bonds is 3. The van der Waals surface area contributed by atoms with Crippen molar-refractivity contribution >= 4 is 45.2 Å². The third kappa shape index (κ3) is 4.15. The summed E-state index contributed by atoms with van der Waals surface area (Å²) in [6.45, 7) is 3.82. The fourth-order valence-electron chi connectivity index (χ4n) is 3.27. The van der Waals surface area contributed by atoms with E-state index in [0.717, 1.165) is 5.70 Å². The Labute approximate surface area is 177 Å². The molecule has 2 atom stereocenters. The second kappa shape index (κ2) is 7.72. The number of esters is 1. The van der Waals surface area contributed by atoms with Gasteiger partial charge in [0.1, 0.15) is 5.41 Å². The van der Waals surface area contributed by atoms with Gasteiger partial charge < -0.3 is 10.1 Å². The second-order valence-electron chi connectivity index (χ2n) is 7.27. The van der Waals surface area contributed by atoms with Crippen molar-refractivity contribution in [2.24, 2.45) is 10.5 Å². The van der Waals surface area contributed by atoms with Crippen LogP contribution in [-0.4, -0.2) is 40.7 Å². The van der Waals surface area contributed by atoms with Crippen molar-refractivity contribution in [2.45, 2.75) is 24.6 Å². The molecule has 148 valence electrons. The highest BCUT2D eigenvalue weighted by atomic mass is 79.9. The fraction of sp³-hybridized carbons (Fsp3) is 0.350. The van der Waals surface area contributed by atoms with E-state index in [1.807, 2.05) is 25.2 Å². The molecule has 2 aliphatic rings. The molecule has 1 heterocycles. The number of carbonyl (C=O) groups is 2. The van der Waals surface area contributed by atoms with Crippen LogP contribution in [0.1, 0.15) is 25.8 Å². The average molecular weight is 467 g/mol. The Morgan fingerprint density at radius 3 is 2.57 bits per heavy atom. The van der Waals surface area contributed by atoms with Crippen LogP contribution in [0.2, 0.25) is 5.02 Å². The maximum Gasteiger partial charge on any atom is 0.342 e. The Morgan fingerprint density at radius 2 is 1.96 bits per heavy atom. The van der Waals surface area contributed by atoms with Crippen molar-refractivity contribution in [3.05, 3.63) is 58.8 Å². The van der Waals surface area contributed by atoms with E-state index in [1.54, 1.807) is 31.2 Å². The number of nitrogens with one attached hydrogen (secondary N) is 1. The number of methoxy groups -OCH3 is 1. The van der Waals surface area contributed by atoms with E-state index in [0.29, 0.717) is 22.7 Å². The lowest BCUT2D eigenvalue weighted by Crippen LogP contribution is -2.43. The predicted octanol–water partition coefficient (Wildman–Crippen LogP) is 4.25. The van der Waals surface area contributed by atoms with Gasteiger partial charge in [-0.1, -0.05) is 51.8 Å². The maximum absolute atomic E-state index is 12.8. The van der Waals surface area contributed by atoms with Crippen LogP contribution in [0, 0.1) is 5.41 Å². The molecule has 2 unspecified atom stereocenters. The van der Waals surface area contributed by atoms with E-state index >= 15 is 0 Å². The SMILES string of the molecule is COC(=O)C1(C)CN(C(=O)NC2=CC=CC(C)(Br)C2)N=C1c1ccc(Cl)cc1. The number of hydrogen-bond donors (Lipinski definition) is 1. The van der Waals surface area contributed by atoms with Gasteiger partial charge in [0, 0.05) is 21.5 Å². The predicted molar refractivity (Wildman–Crippen MR) is 113 cm³/mol. The van der Waals surface area contributed by atoms with Crippen molar-refractivity contribution < 1.29 is 14.3 Å². The van der Waals surface area contributed by atoms with E-state index < -0.39 is 17.4 Å². The van der Waals surface area contributed by atoms with Crippen LogP contribution >= 0.6 is 27.5 Å². The zero-order chi connectivity index (χ0) is 20.5. The van der Waals surface area contributed by atoms with Crippen molar-refractivity contribution in [3.63, 3.8) is 0 Å². The smallest absolute Gasteiger partial charge is 0.342 e. The van der Waals surface area contributed by atoms with Crippen LogP contribution in [-0.2, 0) is 9.53 Å². The van der Waals surface area contributed by atoms with Crippen LogP contribution in [0.3, 0.4) is 0 Å². The summed E-state index contributed by atoms with van der Waals surface area (Å²) in [5.74, 6) is -0.454. The minimum atomic E-state index is -1.08. The van der Waals surface area contributed by atoms with E-state index in [4.69, 9.17) is 16.3 Å². The zero-order valence-electron chi connectivity index (χ0n) is 15.8. The first-order valence-electron chi connectivity index (χ1n) is 8.74. The number of allylic oxidation sites excluding steroid dienone is 4. The van der Waals surface area contributed by atoms with Crippen LogP contribution in [0.15, 0.2) is 53.3 Å². The van der Waals surface area contributed by atoms with Crippen molar-refractivity contribution in [2.75, 3.05) is 13.7 Å². The summed E-state index contributed by atoms with van der Waals surface area (Å²) < 4.78 is 4.77. The summed E-state index contributed by atoms with van der Waals surface area (Å²) in [5, 5.41) is 9.17. The van der Waals surface area contributed by atoms with Crippen molar-refractivity contribution in [3.8, 4) is 0 Å². The molecule has 0 aromatic heterocycles. The Balaban J connectivity index is 1.87. The summed E-state index contributed by atoms with van der Waals surface area (Å²) in [4.78, 5) is 25.3. The first kappa shape index (κ1) is 20.6. The third-order valence-corrected chi connectivity index (χ3v) is 5.54. The zero-order valence-corrected chi connectivity index (χ0v) is 18.2. The second-order valence-corrected chi connectivity index (χ2v) is 9.52. The van der Waals surface area contributed by atoms with Gasteiger partial charge in [0.2, 0.25) is 0 Å². The summed E-state index contributed by atoms with van der Waals surface area (Å²) in [7, 11) is 1.33. The maximum atomic E-state index is 12.8. The summed E-state index contributed by atoms with van der Waals surface area (Å²) in [5.41, 5.74) is 0.862. The van der Waals surface area contributed by atoms with E-state index in [2.05, 4.69) is 26.3 Å². The molecule has 0 fully saturated rings. The van der Waals surface area contributed by atoms with Gasteiger partial charge in [0.05, 0.1) is 19.4 Å². The van der Waals surface area contributed by atoms with Gasteiger partial charge in [-0.15, -0.1) is 0 Å². The first-order valence-corrected chi connectivity index (χ1v) is 9.91. The summed E-state index contributed by atoms with van der Waals surface area (Å²) >= 11 is 9.57. The Kier molecular flexibility index (Phi) is 5.68. The standard InChI is InChI=1S/C20H21BrClN3O3/c1-19(21)10-4-5-15(11-19)23-18(27)25-12-20(2,17(26)28-3)16(24-25)13-6-8-14(22)9-7-13/h4-10H,11-12H2,1-3H3,(H,23,27). The number of alkyl halides is 1. The fourth-order valence-corrected chi connectivity index (χ4v) is 3.85. The number of halogens is 2. The molecule has 2 amide bonds. The molecule has 1 aliphatic carbocycles. The lowest BCUT2D eigenvalue weighted by Gasteiger charge is -2.25. The van der Waals surface area contributed by atoms with E-state index in [-0.39, 0.29) is 10.9 Å². The lowest BCUT2D eigenvalue weighted by molar-refractivity contribution is -0.147. The van der Waals surface area contributed by atoms with Crippen LogP contribution < -0.4 is 5.32 Å². The molecule has 3 rings (SSSR count). The van der Waals surface area contributed by atoms with Crippen molar-refractivity contribution in [1.82, 2.24) is 10.3 Å². The average Bonchev–Trinajstić information content (AvgIpc) is 3.00. The van der Waals surface area contributed by atoms with Gasteiger partial charge in [-0.3, -0.25) is 4.79 Å². The quantitative estimate of drug-likeness (QED) is 0.535. The minimum absolute atomic E-state index is 0.0815. The van der Waals surface area contributed by atoms with Gasteiger partial charge in [0.25, 0.3) is 0 Å². The number of ether oxygens (including phenoxy) is 1. The molecule has 28 heavy (non-hydrogen) atoms. The number of carbonyl (C=O) groups excluding carboxylic acids is 2. The highest BCUT2D eigenvalue weighted by Crippen LogP contribution is 2.34. The molecule has 1 aliphatic heterocycles. The van der Waals surface area contributed by atoms with Crippen LogP contribution in [0.25, 0.3) is 0 Å². The monoisotopic (exact) mass is 465 g/mol. The third-order valence-electron chi connectivity index (χ3n) is 4.74. The highest BCUT2D eigenvalue weighted by Gasteiger charge is 2.48. The van der Waals surface area contributed by atoms with E-state index in [1.165, 1.54) is 12.1 Å². The Hall–Kier alpha value is -2.12. The number of nitrogens with zero attached hydrogens (tertiary/aromatic N) is 2. The van der Waals surface area contributed by atoms with Gasteiger partial charge in [0.15, 0.2) is 0 Å². The Bertz CT molecular complexity index is 892. The largest absolute Gasteiger partial charge is 0.468 e. The first-order chi connectivity index (χ1) is 13.1. The normalized spacial score (nSPS) is 26.5. The topological polar surface area (TPSA) is 71.0 Å². The summed E-state index contributed by atoms with van der Waals surface area (Å²) in [6.07, 6.45) is 6.38. The number of amides is 2. The molecule has 0 bridgehead atoms. The molecule has 0 radical (unpaired) electrons.